The number of hydrogen-bond acceptors (Lipinski definition) is 2. The molecule has 3 nitrogen and oxygen atoms in total. The van der Waals surface area contributed by atoms with E-state index in [4.69, 9.17) is 5.73 Å². The SMILES string of the molecule is Cc1cc(C)c(C(=O)N2CCC(C)C(CN)C2)c(C)c1. The van der Waals surface area contributed by atoms with Crippen molar-refractivity contribution in [1.82, 2.24) is 4.90 Å². The Balaban J connectivity index is 2.24. The van der Waals surface area contributed by atoms with E-state index in [2.05, 4.69) is 26.0 Å². The Kier molecular flexibility index (Phi) is 4.48. The molecule has 1 aromatic carbocycles. The lowest BCUT2D eigenvalue weighted by atomic mass is 9.86. The first kappa shape index (κ1) is 15.0. The zero-order chi connectivity index (χ0) is 14.9. The number of nitrogens with two attached hydrogens (primary N) is 1. The summed E-state index contributed by atoms with van der Waals surface area (Å²) in [7, 11) is 0. The number of aryl methyl sites for hydroxylation is 3. The van der Waals surface area contributed by atoms with Gasteiger partial charge in [-0.05, 0) is 56.7 Å². The third-order valence-electron chi connectivity index (χ3n) is 4.59. The highest BCUT2D eigenvalue weighted by Gasteiger charge is 2.29. The van der Waals surface area contributed by atoms with Crippen LogP contribution in [0.4, 0.5) is 0 Å². The molecule has 0 radical (unpaired) electrons. The monoisotopic (exact) mass is 274 g/mol. The Morgan fingerprint density at radius 2 is 1.90 bits per heavy atom. The highest BCUT2D eigenvalue weighted by atomic mass is 16.2. The number of amides is 1. The molecule has 20 heavy (non-hydrogen) atoms. The van der Waals surface area contributed by atoms with Crippen LogP contribution < -0.4 is 5.73 Å². The van der Waals surface area contributed by atoms with Gasteiger partial charge in [0, 0.05) is 18.7 Å². The lowest BCUT2D eigenvalue weighted by Crippen LogP contribution is -2.45. The Bertz CT molecular complexity index is 487. The summed E-state index contributed by atoms with van der Waals surface area (Å²) in [5, 5.41) is 0. The summed E-state index contributed by atoms with van der Waals surface area (Å²) in [5.41, 5.74) is 10.1. The van der Waals surface area contributed by atoms with E-state index >= 15 is 0 Å². The van der Waals surface area contributed by atoms with Gasteiger partial charge in [0.05, 0.1) is 0 Å². The number of likely N-dealkylation sites (tertiary alicyclic amines) is 1. The highest BCUT2D eigenvalue weighted by Crippen LogP contribution is 2.25. The molecule has 0 aromatic heterocycles. The standard InChI is InChI=1S/C17H26N2O/c1-11-7-13(3)16(14(4)8-11)17(20)19-6-5-12(2)15(9-18)10-19/h7-8,12,15H,5-6,9-10,18H2,1-4H3. The van der Waals surface area contributed by atoms with Crippen molar-refractivity contribution in [3.05, 3.63) is 34.4 Å². The van der Waals surface area contributed by atoms with Crippen LogP contribution in [0.5, 0.6) is 0 Å². The summed E-state index contributed by atoms with van der Waals surface area (Å²) in [5.74, 6) is 1.22. The van der Waals surface area contributed by atoms with Gasteiger partial charge in [-0.3, -0.25) is 4.79 Å². The Labute approximate surface area is 122 Å². The fourth-order valence-electron chi connectivity index (χ4n) is 3.32. The third-order valence-corrected chi connectivity index (χ3v) is 4.59. The van der Waals surface area contributed by atoms with E-state index in [0.717, 1.165) is 36.2 Å². The van der Waals surface area contributed by atoms with E-state index in [-0.39, 0.29) is 5.91 Å². The number of nitrogens with zero attached hydrogens (tertiary/aromatic N) is 1. The largest absolute Gasteiger partial charge is 0.338 e. The number of hydrogen-bond donors (Lipinski definition) is 1. The fourth-order valence-corrected chi connectivity index (χ4v) is 3.32. The molecular formula is C17H26N2O. The van der Waals surface area contributed by atoms with Gasteiger partial charge in [0.2, 0.25) is 0 Å². The van der Waals surface area contributed by atoms with Gasteiger partial charge in [0.25, 0.3) is 5.91 Å². The Morgan fingerprint density at radius 3 is 2.45 bits per heavy atom. The molecule has 2 atom stereocenters. The molecule has 1 saturated heterocycles. The Morgan fingerprint density at radius 1 is 1.30 bits per heavy atom. The van der Waals surface area contributed by atoms with Crippen LogP contribution in [0.15, 0.2) is 12.1 Å². The number of carbonyl (C=O) groups is 1. The number of benzene rings is 1. The summed E-state index contributed by atoms with van der Waals surface area (Å²) in [4.78, 5) is 14.8. The van der Waals surface area contributed by atoms with Crippen LogP contribution in [-0.4, -0.2) is 30.4 Å². The van der Waals surface area contributed by atoms with Crippen molar-refractivity contribution in [2.24, 2.45) is 17.6 Å². The number of carbonyl (C=O) groups excluding carboxylic acids is 1. The van der Waals surface area contributed by atoms with Gasteiger partial charge in [-0.25, -0.2) is 0 Å². The highest BCUT2D eigenvalue weighted by molar-refractivity contribution is 5.97. The molecule has 0 saturated carbocycles. The van der Waals surface area contributed by atoms with Crippen LogP contribution in [-0.2, 0) is 0 Å². The second-order valence-electron chi connectivity index (χ2n) is 6.29. The fraction of sp³-hybridized carbons (Fsp3) is 0.588. The number of rotatable bonds is 2. The minimum Gasteiger partial charge on any atom is -0.338 e. The van der Waals surface area contributed by atoms with Gasteiger partial charge in [-0.1, -0.05) is 24.6 Å². The average Bonchev–Trinajstić information content (AvgIpc) is 2.37. The van der Waals surface area contributed by atoms with E-state index < -0.39 is 0 Å². The molecular weight excluding hydrogens is 248 g/mol. The first-order valence-corrected chi connectivity index (χ1v) is 7.51. The topological polar surface area (TPSA) is 46.3 Å². The maximum Gasteiger partial charge on any atom is 0.254 e. The van der Waals surface area contributed by atoms with Crippen molar-refractivity contribution in [1.29, 1.82) is 0 Å². The van der Waals surface area contributed by atoms with E-state index in [1.807, 2.05) is 18.7 Å². The molecule has 0 bridgehead atoms. The molecule has 2 unspecified atom stereocenters. The lowest BCUT2D eigenvalue weighted by Gasteiger charge is -2.37. The summed E-state index contributed by atoms with van der Waals surface area (Å²) < 4.78 is 0. The van der Waals surface area contributed by atoms with Crippen LogP contribution in [0.1, 0.15) is 40.4 Å². The summed E-state index contributed by atoms with van der Waals surface area (Å²) in [6.45, 7) is 10.7. The smallest absolute Gasteiger partial charge is 0.254 e. The molecule has 1 aliphatic rings. The zero-order valence-electron chi connectivity index (χ0n) is 13.1. The summed E-state index contributed by atoms with van der Waals surface area (Å²) >= 11 is 0. The molecule has 2 N–H and O–H groups in total. The molecule has 1 aliphatic heterocycles. The van der Waals surface area contributed by atoms with Crippen molar-refractivity contribution < 1.29 is 4.79 Å². The van der Waals surface area contributed by atoms with Crippen molar-refractivity contribution in [3.63, 3.8) is 0 Å². The maximum absolute atomic E-state index is 12.8. The minimum atomic E-state index is 0.172. The number of piperidine rings is 1. The minimum absolute atomic E-state index is 0.172. The first-order valence-electron chi connectivity index (χ1n) is 7.51. The average molecular weight is 274 g/mol. The molecule has 0 aliphatic carbocycles. The molecule has 1 aromatic rings. The van der Waals surface area contributed by atoms with E-state index in [9.17, 15) is 4.79 Å². The molecule has 1 fully saturated rings. The third kappa shape index (κ3) is 2.88. The van der Waals surface area contributed by atoms with Crippen molar-refractivity contribution in [2.75, 3.05) is 19.6 Å². The van der Waals surface area contributed by atoms with Gasteiger partial charge < -0.3 is 10.6 Å². The molecule has 110 valence electrons. The second-order valence-corrected chi connectivity index (χ2v) is 6.29. The zero-order valence-corrected chi connectivity index (χ0v) is 13.1. The van der Waals surface area contributed by atoms with Crippen molar-refractivity contribution in [3.8, 4) is 0 Å². The molecule has 1 heterocycles. The predicted molar refractivity (Wildman–Crippen MR) is 82.9 cm³/mol. The van der Waals surface area contributed by atoms with E-state index in [1.165, 1.54) is 5.56 Å². The van der Waals surface area contributed by atoms with E-state index in [1.54, 1.807) is 0 Å². The molecule has 2 rings (SSSR count). The van der Waals surface area contributed by atoms with Crippen LogP contribution in [0.25, 0.3) is 0 Å². The Hall–Kier alpha value is -1.35. The second kappa shape index (κ2) is 5.96. The summed E-state index contributed by atoms with van der Waals surface area (Å²) in [6, 6.07) is 4.18. The van der Waals surface area contributed by atoms with Gasteiger partial charge in [0.1, 0.15) is 0 Å². The van der Waals surface area contributed by atoms with Gasteiger partial charge >= 0.3 is 0 Å². The molecule has 3 heteroatoms. The summed E-state index contributed by atoms with van der Waals surface area (Å²) in [6.07, 6.45) is 1.05. The van der Waals surface area contributed by atoms with Crippen LogP contribution in [0.3, 0.4) is 0 Å². The van der Waals surface area contributed by atoms with Crippen molar-refractivity contribution in [2.45, 2.75) is 34.1 Å². The quantitative estimate of drug-likeness (QED) is 0.901. The van der Waals surface area contributed by atoms with Gasteiger partial charge in [-0.2, -0.15) is 0 Å². The molecule has 0 spiro atoms. The van der Waals surface area contributed by atoms with Gasteiger partial charge in [-0.15, -0.1) is 0 Å². The lowest BCUT2D eigenvalue weighted by molar-refractivity contribution is 0.0617. The normalized spacial score (nSPS) is 22.9. The predicted octanol–water partition coefficient (Wildman–Crippen LogP) is 2.67. The van der Waals surface area contributed by atoms with Crippen LogP contribution >= 0.6 is 0 Å². The maximum atomic E-state index is 12.8. The van der Waals surface area contributed by atoms with Crippen LogP contribution in [0, 0.1) is 32.6 Å². The van der Waals surface area contributed by atoms with Crippen LogP contribution in [0.2, 0.25) is 0 Å². The van der Waals surface area contributed by atoms with E-state index in [0.29, 0.717) is 18.4 Å². The first-order chi connectivity index (χ1) is 9.43. The molecule has 1 amide bonds. The van der Waals surface area contributed by atoms with Crippen molar-refractivity contribution >= 4 is 5.91 Å². The van der Waals surface area contributed by atoms with Gasteiger partial charge in [0.15, 0.2) is 0 Å².